The molecular formula is C24H25ClN2O4S2. The van der Waals surface area contributed by atoms with Crippen LogP contribution in [-0.2, 0) is 33.0 Å². The van der Waals surface area contributed by atoms with Crippen LogP contribution < -0.4 is 5.32 Å². The van der Waals surface area contributed by atoms with E-state index in [1.165, 1.54) is 28.6 Å². The summed E-state index contributed by atoms with van der Waals surface area (Å²) in [5, 5.41) is 3.72. The highest BCUT2D eigenvalue weighted by molar-refractivity contribution is 7.92. The molecule has 1 aliphatic rings. The second-order valence-corrected chi connectivity index (χ2v) is 12.6. The first-order chi connectivity index (χ1) is 15.7. The highest BCUT2D eigenvalue weighted by Crippen LogP contribution is 2.28. The predicted molar refractivity (Wildman–Crippen MR) is 130 cm³/mol. The predicted octanol–water partition coefficient (Wildman–Crippen LogP) is 3.49. The summed E-state index contributed by atoms with van der Waals surface area (Å²) in [5.41, 5.74) is 1.77. The Morgan fingerprint density at radius 1 is 0.848 bits per heavy atom. The molecule has 0 bridgehead atoms. The quantitative estimate of drug-likeness (QED) is 0.507. The molecule has 6 nitrogen and oxygen atoms in total. The van der Waals surface area contributed by atoms with Gasteiger partial charge in [0.1, 0.15) is 0 Å². The zero-order chi connectivity index (χ0) is 23.5. The van der Waals surface area contributed by atoms with Crippen molar-refractivity contribution in [1.29, 1.82) is 0 Å². The minimum Gasteiger partial charge on any atom is -0.307 e. The van der Waals surface area contributed by atoms with Crippen molar-refractivity contribution >= 4 is 31.5 Å². The molecule has 1 fully saturated rings. The van der Waals surface area contributed by atoms with Crippen molar-refractivity contribution in [2.75, 3.05) is 11.5 Å². The SMILES string of the molecule is O=S1(=O)C[C@H](NCc2ccccc2)[C@@H](N(Cc2ccccc2)S(=O)(=O)c2ccc(Cl)cc2)C1. The van der Waals surface area contributed by atoms with E-state index in [9.17, 15) is 16.8 Å². The molecule has 33 heavy (non-hydrogen) atoms. The number of rotatable bonds is 8. The lowest BCUT2D eigenvalue weighted by molar-refractivity contribution is 0.286. The average Bonchev–Trinajstić information content (AvgIpc) is 3.11. The zero-order valence-corrected chi connectivity index (χ0v) is 20.2. The summed E-state index contributed by atoms with van der Waals surface area (Å²) in [7, 11) is -7.42. The molecule has 0 aromatic heterocycles. The van der Waals surface area contributed by atoms with Crippen LogP contribution in [0.3, 0.4) is 0 Å². The molecule has 3 aromatic carbocycles. The summed E-state index contributed by atoms with van der Waals surface area (Å²) < 4.78 is 54.1. The van der Waals surface area contributed by atoms with Crippen molar-refractivity contribution in [2.45, 2.75) is 30.1 Å². The van der Waals surface area contributed by atoms with Gasteiger partial charge < -0.3 is 5.32 Å². The van der Waals surface area contributed by atoms with Gasteiger partial charge in [-0.3, -0.25) is 0 Å². The smallest absolute Gasteiger partial charge is 0.243 e. The van der Waals surface area contributed by atoms with Crippen LogP contribution in [0.1, 0.15) is 11.1 Å². The summed E-state index contributed by atoms with van der Waals surface area (Å²) in [6, 6.07) is 23.4. The fraction of sp³-hybridized carbons (Fsp3) is 0.250. The summed E-state index contributed by atoms with van der Waals surface area (Å²) in [6.45, 7) is 0.507. The molecule has 1 N–H and O–H groups in total. The monoisotopic (exact) mass is 504 g/mol. The van der Waals surface area contributed by atoms with E-state index < -0.39 is 31.9 Å². The average molecular weight is 505 g/mol. The number of sulfone groups is 1. The van der Waals surface area contributed by atoms with Crippen LogP contribution in [0.25, 0.3) is 0 Å². The summed E-state index contributed by atoms with van der Waals surface area (Å²) >= 11 is 5.96. The number of nitrogens with zero attached hydrogens (tertiary/aromatic N) is 1. The molecule has 0 unspecified atom stereocenters. The van der Waals surface area contributed by atoms with Gasteiger partial charge in [-0.1, -0.05) is 72.3 Å². The van der Waals surface area contributed by atoms with E-state index in [2.05, 4.69) is 5.32 Å². The van der Waals surface area contributed by atoms with Crippen molar-refractivity contribution < 1.29 is 16.8 Å². The Balaban J connectivity index is 1.69. The van der Waals surface area contributed by atoms with E-state index in [1.54, 1.807) is 0 Å². The van der Waals surface area contributed by atoms with Crippen molar-refractivity contribution in [3.63, 3.8) is 0 Å². The van der Waals surface area contributed by atoms with E-state index in [0.29, 0.717) is 11.6 Å². The van der Waals surface area contributed by atoms with Gasteiger partial charge >= 0.3 is 0 Å². The third-order valence-electron chi connectivity index (χ3n) is 5.71. The second kappa shape index (κ2) is 9.95. The van der Waals surface area contributed by atoms with Crippen LogP contribution in [0.5, 0.6) is 0 Å². The van der Waals surface area contributed by atoms with Gasteiger partial charge in [0, 0.05) is 24.2 Å². The van der Waals surface area contributed by atoms with E-state index in [4.69, 9.17) is 11.6 Å². The largest absolute Gasteiger partial charge is 0.307 e. The maximum atomic E-state index is 13.7. The lowest BCUT2D eigenvalue weighted by atomic mass is 10.1. The Hall–Kier alpha value is -2.23. The van der Waals surface area contributed by atoms with Crippen molar-refractivity contribution in [2.24, 2.45) is 0 Å². The summed E-state index contributed by atoms with van der Waals surface area (Å²) in [5.74, 6) is -0.356. The first kappa shape index (κ1) is 23.9. The maximum absolute atomic E-state index is 13.7. The molecule has 0 aliphatic carbocycles. The highest BCUT2D eigenvalue weighted by Gasteiger charge is 2.45. The Bertz CT molecular complexity index is 1280. The van der Waals surface area contributed by atoms with Crippen LogP contribution in [-0.4, -0.2) is 44.7 Å². The van der Waals surface area contributed by atoms with Gasteiger partial charge in [0.2, 0.25) is 10.0 Å². The Kier molecular flexibility index (Phi) is 7.21. The molecule has 2 atom stereocenters. The second-order valence-electron chi connectivity index (χ2n) is 8.11. The van der Waals surface area contributed by atoms with Crippen molar-refractivity contribution in [3.05, 3.63) is 101 Å². The number of nitrogens with one attached hydrogen (secondary N) is 1. The normalized spacial score (nSPS) is 20.2. The zero-order valence-electron chi connectivity index (χ0n) is 17.8. The molecule has 0 amide bonds. The van der Waals surface area contributed by atoms with E-state index in [0.717, 1.165) is 11.1 Å². The van der Waals surface area contributed by atoms with E-state index >= 15 is 0 Å². The number of hydrogen-bond donors (Lipinski definition) is 1. The minimum absolute atomic E-state index is 0.0650. The molecule has 4 rings (SSSR count). The molecule has 3 aromatic rings. The number of sulfonamides is 1. The van der Waals surface area contributed by atoms with Crippen LogP contribution in [0.15, 0.2) is 89.8 Å². The van der Waals surface area contributed by atoms with Gasteiger partial charge in [-0.05, 0) is 35.4 Å². The minimum atomic E-state index is -4.00. The van der Waals surface area contributed by atoms with E-state index in [-0.39, 0.29) is 22.9 Å². The summed E-state index contributed by atoms with van der Waals surface area (Å²) in [6.07, 6.45) is 0. The Labute approximate surface area is 200 Å². The van der Waals surface area contributed by atoms with Crippen molar-refractivity contribution in [3.8, 4) is 0 Å². The van der Waals surface area contributed by atoms with Crippen LogP contribution in [0.2, 0.25) is 5.02 Å². The van der Waals surface area contributed by atoms with Gasteiger partial charge in [0.05, 0.1) is 22.4 Å². The number of hydrogen-bond acceptors (Lipinski definition) is 5. The van der Waals surface area contributed by atoms with Gasteiger partial charge in [-0.25, -0.2) is 16.8 Å². The molecular weight excluding hydrogens is 480 g/mol. The number of halogens is 1. The standard InChI is InChI=1S/C24H25ClN2O4S2/c25-21-11-13-22(14-12-21)33(30,31)27(16-20-9-5-2-6-10-20)24-18-32(28,29)17-23(24)26-15-19-7-3-1-4-8-19/h1-14,23-24,26H,15-18H2/t23-,24-/m0/s1. The Morgan fingerprint density at radius 2 is 1.42 bits per heavy atom. The molecule has 0 saturated carbocycles. The van der Waals surface area contributed by atoms with Gasteiger partial charge in [-0.2, -0.15) is 4.31 Å². The third-order valence-corrected chi connectivity index (χ3v) is 9.56. The number of benzene rings is 3. The van der Waals surface area contributed by atoms with Crippen LogP contribution in [0, 0.1) is 0 Å². The molecule has 174 valence electrons. The molecule has 1 saturated heterocycles. The van der Waals surface area contributed by atoms with Gasteiger partial charge in [0.15, 0.2) is 9.84 Å². The molecule has 9 heteroatoms. The molecule has 0 radical (unpaired) electrons. The fourth-order valence-electron chi connectivity index (χ4n) is 4.04. The molecule has 0 spiro atoms. The third kappa shape index (κ3) is 5.83. The topological polar surface area (TPSA) is 83.6 Å². The lowest BCUT2D eigenvalue weighted by Crippen LogP contribution is -2.51. The summed E-state index contributed by atoms with van der Waals surface area (Å²) in [4.78, 5) is 0.0777. The van der Waals surface area contributed by atoms with Gasteiger partial charge in [0.25, 0.3) is 0 Å². The maximum Gasteiger partial charge on any atom is 0.243 e. The van der Waals surface area contributed by atoms with Crippen LogP contribution >= 0.6 is 11.6 Å². The molecule has 1 aliphatic heterocycles. The van der Waals surface area contributed by atoms with E-state index in [1.807, 2.05) is 60.7 Å². The lowest BCUT2D eigenvalue weighted by Gasteiger charge is -2.32. The fourth-order valence-corrected chi connectivity index (χ4v) is 7.86. The van der Waals surface area contributed by atoms with Crippen LogP contribution in [0.4, 0.5) is 0 Å². The molecule has 1 heterocycles. The van der Waals surface area contributed by atoms with Crippen molar-refractivity contribution in [1.82, 2.24) is 9.62 Å². The van der Waals surface area contributed by atoms with Gasteiger partial charge in [-0.15, -0.1) is 0 Å². The first-order valence-electron chi connectivity index (χ1n) is 10.5. The Morgan fingerprint density at radius 3 is 2.03 bits per heavy atom. The highest BCUT2D eigenvalue weighted by atomic mass is 35.5. The first-order valence-corrected chi connectivity index (χ1v) is 14.2.